The maximum Gasteiger partial charge on any atom is 0.280 e. The second kappa shape index (κ2) is 5.06. The number of nitro benzene ring substituents is 1. The van der Waals surface area contributed by atoms with E-state index in [9.17, 15) is 10.1 Å². The lowest BCUT2D eigenvalue weighted by Crippen LogP contribution is -1.96. The number of halogens is 3. The number of benzene rings is 1. The molecule has 2 rings (SSSR count). The van der Waals surface area contributed by atoms with Crippen molar-refractivity contribution < 1.29 is 4.92 Å². The summed E-state index contributed by atoms with van der Waals surface area (Å²) < 4.78 is 0. The van der Waals surface area contributed by atoms with E-state index in [1.807, 2.05) is 0 Å². The lowest BCUT2D eigenvalue weighted by molar-refractivity contribution is -0.384. The number of nitro groups is 1. The number of nitrogens with zero attached hydrogens (tertiary/aromatic N) is 3. The zero-order chi connectivity index (χ0) is 13.3. The molecule has 1 aromatic carbocycles. The molecule has 0 aliphatic carbocycles. The van der Waals surface area contributed by atoms with E-state index in [4.69, 9.17) is 34.8 Å². The second-order valence-corrected chi connectivity index (χ2v) is 4.31. The first-order chi connectivity index (χ1) is 8.50. The van der Waals surface area contributed by atoms with E-state index in [0.29, 0.717) is 0 Å². The van der Waals surface area contributed by atoms with E-state index in [2.05, 4.69) is 9.97 Å². The summed E-state index contributed by atoms with van der Waals surface area (Å²) in [5.41, 5.74) is 0.0925. The first kappa shape index (κ1) is 13.0. The van der Waals surface area contributed by atoms with Gasteiger partial charge in [0.2, 0.25) is 0 Å². The Morgan fingerprint density at radius 3 is 2.17 bits per heavy atom. The van der Waals surface area contributed by atoms with Crippen molar-refractivity contribution in [2.24, 2.45) is 0 Å². The van der Waals surface area contributed by atoms with Crippen LogP contribution in [-0.2, 0) is 0 Å². The van der Waals surface area contributed by atoms with Crippen LogP contribution in [0.4, 0.5) is 5.69 Å². The highest BCUT2D eigenvalue weighted by molar-refractivity contribution is 6.46. The molecule has 5 nitrogen and oxygen atoms in total. The predicted octanol–water partition coefficient (Wildman–Crippen LogP) is 4.01. The third kappa shape index (κ3) is 2.38. The predicted molar refractivity (Wildman–Crippen MR) is 69.2 cm³/mol. The van der Waals surface area contributed by atoms with E-state index in [0.717, 1.165) is 0 Å². The summed E-state index contributed by atoms with van der Waals surface area (Å²) >= 11 is 17.2. The van der Waals surface area contributed by atoms with Gasteiger partial charge in [0.05, 0.1) is 10.5 Å². The van der Waals surface area contributed by atoms with Gasteiger partial charge in [-0.3, -0.25) is 10.1 Å². The molecule has 0 amide bonds. The molecular weight excluding hydrogens is 300 g/mol. The van der Waals surface area contributed by atoms with Gasteiger partial charge in [-0.05, 0) is 6.07 Å². The van der Waals surface area contributed by atoms with Gasteiger partial charge in [-0.1, -0.05) is 46.9 Å². The Labute approximate surface area is 116 Å². The number of hydrogen-bond donors (Lipinski definition) is 0. The number of para-hydroxylation sites is 1. The molecule has 0 aliphatic rings. The van der Waals surface area contributed by atoms with Crippen molar-refractivity contribution >= 4 is 40.5 Å². The van der Waals surface area contributed by atoms with Crippen molar-refractivity contribution in [2.45, 2.75) is 0 Å². The Hall–Kier alpha value is -1.43. The summed E-state index contributed by atoms with van der Waals surface area (Å²) in [7, 11) is 0. The van der Waals surface area contributed by atoms with Gasteiger partial charge in [0.15, 0.2) is 16.1 Å². The monoisotopic (exact) mass is 303 g/mol. The van der Waals surface area contributed by atoms with Crippen molar-refractivity contribution in [2.75, 3.05) is 0 Å². The molecule has 1 aromatic heterocycles. The van der Waals surface area contributed by atoms with Crippen LogP contribution < -0.4 is 0 Å². The average molecular weight is 305 g/mol. The van der Waals surface area contributed by atoms with Crippen molar-refractivity contribution in [3.05, 3.63) is 49.7 Å². The molecule has 0 spiro atoms. The Morgan fingerprint density at radius 2 is 1.61 bits per heavy atom. The Kier molecular flexibility index (Phi) is 3.65. The Balaban J connectivity index is 2.66. The van der Waals surface area contributed by atoms with E-state index in [-0.39, 0.29) is 32.4 Å². The molecule has 18 heavy (non-hydrogen) atoms. The molecular formula is C10H4Cl3N3O2. The Morgan fingerprint density at radius 1 is 1.06 bits per heavy atom. The van der Waals surface area contributed by atoms with Crippen molar-refractivity contribution in [3.63, 3.8) is 0 Å². The highest BCUT2D eigenvalue weighted by Gasteiger charge is 2.19. The zero-order valence-electron chi connectivity index (χ0n) is 8.60. The highest BCUT2D eigenvalue weighted by atomic mass is 35.5. The van der Waals surface area contributed by atoms with E-state index in [1.165, 1.54) is 12.1 Å². The number of aromatic nitrogens is 2. The molecule has 2 aromatic rings. The largest absolute Gasteiger partial charge is 0.280 e. The molecule has 0 N–H and O–H groups in total. The van der Waals surface area contributed by atoms with E-state index < -0.39 is 4.92 Å². The van der Waals surface area contributed by atoms with Crippen LogP contribution in [0.25, 0.3) is 11.4 Å². The van der Waals surface area contributed by atoms with Crippen LogP contribution in [0.3, 0.4) is 0 Å². The van der Waals surface area contributed by atoms with Crippen LogP contribution in [-0.4, -0.2) is 14.9 Å². The minimum atomic E-state index is -0.533. The number of hydrogen-bond acceptors (Lipinski definition) is 4. The van der Waals surface area contributed by atoms with Crippen LogP contribution in [0, 0.1) is 10.1 Å². The average Bonchev–Trinajstić information content (AvgIpc) is 2.35. The quantitative estimate of drug-likeness (QED) is 0.477. The molecule has 0 saturated heterocycles. The van der Waals surface area contributed by atoms with Gasteiger partial charge in [-0.15, -0.1) is 0 Å². The van der Waals surface area contributed by atoms with Crippen molar-refractivity contribution in [1.82, 2.24) is 9.97 Å². The fourth-order valence-electron chi connectivity index (χ4n) is 1.34. The molecule has 92 valence electrons. The molecule has 0 radical (unpaired) electrons. The summed E-state index contributed by atoms with van der Waals surface area (Å²) in [5, 5.41) is 10.8. The first-order valence-corrected chi connectivity index (χ1v) is 5.76. The van der Waals surface area contributed by atoms with Gasteiger partial charge in [0, 0.05) is 6.07 Å². The van der Waals surface area contributed by atoms with Crippen LogP contribution in [0.15, 0.2) is 24.3 Å². The summed E-state index contributed by atoms with van der Waals surface area (Å²) in [6.45, 7) is 0. The fourth-order valence-corrected chi connectivity index (χ4v) is 1.81. The first-order valence-electron chi connectivity index (χ1n) is 4.63. The van der Waals surface area contributed by atoms with Crippen LogP contribution in [0.5, 0.6) is 0 Å². The SMILES string of the molecule is O=[N+]([O-])c1ccccc1-c1nc(Cl)c(Cl)c(Cl)n1. The van der Waals surface area contributed by atoms with Crippen molar-refractivity contribution in [3.8, 4) is 11.4 Å². The van der Waals surface area contributed by atoms with Gasteiger partial charge in [0.25, 0.3) is 5.69 Å². The van der Waals surface area contributed by atoms with E-state index in [1.54, 1.807) is 12.1 Å². The lowest BCUT2D eigenvalue weighted by Gasteiger charge is -2.04. The van der Waals surface area contributed by atoms with Crippen LogP contribution in [0.2, 0.25) is 15.3 Å². The maximum absolute atomic E-state index is 10.9. The van der Waals surface area contributed by atoms with E-state index >= 15 is 0 Å². The van der Waals surface area contributed by atoms with Gasteiger partial charge in [-0.25, -0.2) is 9.97 Å². The van der Waals surface area contributed by atoms with Gasteiger partial charge >= 0.3 is 0 Å². The molecule has 0 fully saturated rings. The smallest absolute Gasteiger partial charge is 0.258 e. The topological polar surface area (TPSA) is 68.9 Å². The molecule has 1 heterocycles. The molecule has 8 heteroatoms. The summed E-state index contributed by atoms with van der Waals surface area (Å²) in [5.74, 6) is 0.0571. The molecule has 0 aliphatic heterocycles. The van der Waals surface area contributed by atoms with Crippen LogP contribution >= 0.6 is 34.8 Å². The third-order valence-electron chi connectivity index (χ3n) is 2.11. The summed E-state index contributed by atoms with van der Waals surface area (Å²) in [6, 6.07) is 6.02. The molecule has 0 atom stereocenters. The minimum absolute atomic E-state index is 0.0145. The van der Waals surface area contributed by atoms with Gasteiger partial charge < -0.3 is 0 Å². The molecule has 0 bridgehead atoms. The summed E-state index contributed by atoms with van der Waals surface area (Å²) in [6.07, 6.45) is 0. The minimum Gasteiger partial charge on any atom is -0.258 e. The van der Waals surface area contributed by atoms with Gasteiger partial charge in [0.1, 0.15) is 5.02 Å². The Bertz CT molecular complexity index is 611. The highest BCUT2D eigenvalue weighted by Crippen LogP contribution is 2.32. The van der Waals surface area contributed by atoms with Crippen molar-refractivity contribution in [1.29, 1.82) is 0 Å². The lowest BCUT2D eigenvalue weighted by atomic mass is 10.1. The number of rotatable bonds is 2. The standard InChI is InChI=1S/C10H4Cl3N3O2/c11-7-8(12)14-10(15-9(7)13)5-3-1-2-4-6(5)16(17)18/h1-4H. The third-order valence-corrected chi connectivity index (χ3v) is 3.21. The normalized spacial score (nSPS) is 10.4. The maximum atomic E-state index is 10.9. The molecule has 0 saturated carbocycles. The zero-order valence-corrected chi connectivity index (χ0v) is 10.9. The van der Waals surface area contributed by atoms with Crippen LogP contribution in [0.1, 0.15) is 0 Å². The van der Waals surface area contributed by atoms with Gasteiger partial charge in [-0.2, -0.15) is 0 Å². The second-order valence-electron chi connectivity index (χ2n) is 3.22. The molecule has 0 unspecified atom stereocenters. The fraction of sp³-hybridized carbons (Fsp3) is 0. The summed E-state index contributed by atoms with van der Waals surface area (Å²) in [4.78, 5) is 18.1.